The highest BCUT2D eigenvalue weighted by Gasteiger charge is 2.09. The third-order valence-electron chi connectivity index (χ3n) is 3.08. The average molecular weight is 352 g/mol. The van der Waals surface area contributed by atoms with Crippen LogP contribution in [0.5, 0.6) is 0 Å². The van der Waals surface area contributed by atoms with Gasteiger partial charge in [-0.25, -0.2) is 4.98 Å². The minimum Gasteiger partial charge on any atom is -0.356 e. The fraction of sp³-hybridized carbons (Fsp3) is 0.200. The third kappa shape index (κ3) is 3.58. The smallest absolute Gasteiger partial charge is 0.267 e. The fourth-order valence-electron chi connectivity index (χ4n) is 2.02. The number of aromatic nitrogens is 2. The summed E-state index contributed by atoms with van der Waals surface area (Å²) in [6.45, 7) is 2.59. The topological polar surface area (TPSA) is 57.8 Å². The van der Waals surface area contributed by atoms with Gasteiger partial charge in [0.1, 0.15) is 5.69 Å². The molecule has 0 atom stereocenters. The van der Waals surface area contributed by atoms with Gasteiger partial charge in [-0.2, -0.15) is 0 Å². The minimum absolute atomic E-state index is 0.140. The Balaban J connectivity index is 1.54. The Morgan fingerprint density at radius 1 is 1.45 bits per heavy atom. The van der Waals surface area contributed by atoms with Gasteiger partial charge in [-0.05, 0) is 31.5 Å². The van der Waals surface area contributed by atoms with Crippen LogP contribution in [0.2, 0.25) is 5.02 Å². The van der Waals surface area contributed by atoms with E-state index in [4.69, 9.17) is 11.6 Å². The number of nitrogens with one attached hydrogen (secondary N) is 2. The normalized spacial score (nSPS) is 10.8. The second kappa shape index (κ2) is 6.64. The summed E-state index contributed by atoms with van der Waals surface area (Å²) in [7, 11) is 0. The average Bonchev–Trinajstić information content (AvgIpc) is 3.19. The maximum atomic E-state index is 11.9. The molecule has 114 valence electrons. The maximum absolute atomic E-state index is 11.9. The molecular formula is C15H14ClN3OS2. The Morgan fingerprint density at radius 2 is 2.32 bits per heavy atom. The lowest BCUT2D eigenvalue weighted by Gasteiger charge is -2.02. The zero-order valence-corrected chi connectivity index (χ0v) is 14.2. The minimum atomic E-state index is -0.140. The Labute approximate surface area is 141 Å². The molecule has 3 aromatic rings. The maximum Gasteiger partial charge on any atom is 0.267 e. The summed E-state index contributed by atoms with van der Waals surface area (Å²) in [5.74, 6) is -0.140. The van der Waals surface area contributed by atoms with E-state index in [1.807, 2.05) is 6.92 Å². The van der Waals surface area contributed by atoms with Gasteiger partial charge < -0.3 is 10.3 Å². The molecule has 0 aromatic carbocycles. The predicted octanol–water partition coefficient (Wildman–Crippen LogP) is 4.13. The van der Waals surface area contributed by atoms with Crippen LogP contribution >= 0.6 is 34.3 Å². The number of hydrogen-bond donors (Lipinski definition) is 2. The van der Waals surface area contributed by atoms with Crippen molar-refractivity contribution in [1.29, 1.82) is 0 Å². The number of halogens is 1. The summed E-state index contributed by atoms with van der Waals surface area (Å²) in [4.78, 5) is 21.6. The molecular weight excluding hydrogens is 338 g/mol. The van der Waals surface area contributed by atoms with Crippen molar-refractivity contribution in [2.24, 2.45) is 0 Å². The van der Waals surface area contributed by atoms with Crippen LogP contribution in [0.15, 0.2) is 29.8 Å². The van der Waals surface area contributed by atoms with Crippen LogP contribution in [0.4, 0.5) is 0 Å². The molecule has 0 spiro atoms. The largest absolute Gasteiger partial charge is 0.356 e. The van der Waals surface area contributed by atoms with E-state index in [1.54, 1.807) is 34.9 Å². The first-order valence-corrected chi connectivity index (χ1v) is 8.82. The van der Waals surface area contributed by atoms with Gasteiger partial charge in [0, 0.05) is 23.0 Å². The lowest BCUT2D eigenvalue weighted by Crippen LogP contribution is -2.25. The van der Waals surface area contributed by atoms with Gasteiger partial charge in [-0.15, -0.1) is 22.7 Å². The van der Waals surface area contributed by atoms with Crippen molar-refractivity contribution in [3.8, 4) is 10.6 Å². The number of nitrogens with zero attached hydrogens (tertiary/aromatic N) is 1. The highest BCUT2D eigenvalue weighted by atomic mass is 35.5. The van der Waals surface area contributed by atoms with E-state index in [9.17, 15) is 4.79 Å². The fourth-order valence-corrected chi connectivity index (χ4v) is 3.84. The standard InChI is InChI=1S/C15H14ClN3OS2/c1-9-19-13(8-21-9)14-3-2-11(22-14)4-5-17-15(20)12-6-10(16)7-18-12/h2-3,6-8,18H,4-5H2,1H3,(H,17,20). The molecule has 0 unspecified atom stereocenters. The molecule has 2 N–H and O–H groups in total. The van der Waals surface area contributed by atoms with Gasteiger partial charge in [-0.3, -0.25) is 4.79 Å². The monoisotopic (exact) mass is 351 g/mol. The molecule has 1 amide bonds. The number of H-pyrrole nitrogens is 1. The van der Waals surface area contributed by atoms with E-state index in [0.29, 0.717) is 17.3 Å². The molecule has 3 heterocycles. The molecule has 0 aliphatic rings. The number of aromatic amines is 1. The molecule has 7 heteroatoms. The lowest BCUT2D eigenvalue weighted by atomic mass is 10.3. The van der Waals surface area contributed by atoms with Gasteiger partial charge in [0.25, 0.3) is 5.91 Å². The second-order valence-corrected chi connectivity index (χ2v) is 7.42. The van der Waals surface area contributed by atoms with E-state index in [1.165, 1.54) is 9.75 Å². The Bertz CT molecular complexity index is 790. The molecule has 4 nitrogen and oxygen atoms in total. The van der Waals surface area contributed by atoms with Crippen molar-refractivity contribution < 1.29 is 4.79 Å². The zero-order chi connectivity index (χ0) is 15.5. The SMILES string of the molecule is Cc1nc(-c2ccc(CCNC(=O)c3cc(Cl)c[nH]3)s2)cs1. The van der Waals surface area contributed by atoms with E-state index < -0.39 is 0 Å². The zero-order valence-electron chi connectivity index (χ0n) is 11.9. The summed E-state index contributed by atoms with van der Waals surface area (Å²) in [5, 5.41) is 6.55. The van der Waals surface area contributed by atoms with Crippen LogP contribution in [0.3, 0.4) is 0 Å². The number of amides is 1. The van der Waals surface area contributed by atoms with Crippen molar-refractivity contribution >= 4 is 40.2 Å². The summed E-state index contributed by atoms with van der Waals surface area (Å²) < 4.78 is 0. The molecule has 0 fully saturated rings. The number of hydrogen-bond acceptors (Lipinski definition) is 4. The quantitative estimate of drug-likeness (QED) is 0.726. The molecule has 0 bridgehead atoms. The Hall–Kier alpha value is -1.63. The van der Waals surface area contributed by atoms with Crippen molar-refractivity contribution in [1.82, 2.24) is 15.3 Å². The van der Waals surface area contributed by atoms with Crippen LogP contribution in [-0.2, 0) is 6.42 Å². The van der Waals surface area contributed by atoms with E-state index in [-0.39, 0.29) is 5.91 Å². The molecule has 0 saturated heterocycles. The molecule has 0 radical (unpaired) electrons. The van der Waals surface area contributed by atoms with Gasteiger partial charge >= 0.3 is 0 Å². The molecule has 0 saturated carbocycles. The molecule has 3 rings (SSSR count). The van der Waals surface area contributed by atoms with Crippen LogP contribution in [-0.4, -0.2) is 22.4 Å². The first kappa shape index (κ1) is 15.3. The first-order chi connectivity index (χ1) is 10.6. The van der Waals surface area contributed by atoms with Crippen molar-refractivity contribution in [3.05, 3.63) is 50.4 Å². The first-order valence-electron chi connectivity index (χ1n) is 6.75. The van der Waals surface area contributed by atoms with Gasteiger partial charge in [0.05, 0.1) is 20.6 Å². The van der Waals surface area contributed by atoms with E-state index in [0.717, 1.165) is 17.1 Å². The van der Waals surface area contributed by atoms with E-state index >= 15 is 0 Å². The van der Waals surface area contributed by atoms with Crippen LogP contribution < -0.4 is 5.32 Å². The highest BCUT2D eigenvalue weighted by molar-refractivity contribution is 7.16. The second-order valence-electron chi connectivity index (χ2n) is 4.76. The molecule has 0 aliphatic carbocycles. The van der Waals surface area contributed by atoms with Crippen molar-refractivity contribution in [3.63, 3.8) is 0 Å². The number of carbonyl (C=O) groups excluding carboxylic acids is 1. The van der Waals surface area contributed by atoms with Crippen LogP contribution in [0, 0.1) is 6.92 Å². The van der Waals surface area contributed by atoms with Gasteiger partial charge in [0.2, 0.25) is 0 Å². The Morgan fingerprint density at radius 3 is 3.00 bits per heavy atom. The molecule has 0 aliphatic heterocycles. The summed E-state index contributed by atoms with van der Waals surface area (Å²) >= 11 is 9.15. The molecule has 3 aromatic heterocycles. The van der Waals surface area contributed by atoms with Crippen molar-refractivity contribution in [2.75, 3.05) is 6.54 Å². The highest BCUT2D eigenvalue weighted by Crippen LogP contribution is 2.29. The summed E-state index contributed by atoms with van der Waals surface area (Å²) in [6.07, 6.45) is 2.39. The number of thiophene rings is 1. The lowest BCUT2D eigenvalue weighted by molar-refractivity contribution is 0.0950. The van der Waals surface area contributed by atoms with Gasteiger partial charge in [0.15, 0.2) is 0 Å². The predicted molar refractivity (Wildman–Crippen MR) is 92.0 cm³/mol. The van der Waals surface area contributed by atoms with Gasteiger partial charge in [-0.1, -0.05) is 11.6 Å². The number of aryl methyl sites for hydroxylation is 1. The third-order valence-corrected chi connectivity index (χ3v) is 5.24. The van der Waals surface area contributed by atoms with Crippen molar-refractivity contribution in [2.45, 2.75) is 13.3 Å². The van der Waals surface area contributed by atoms with Crippen LogP contribution in [0.25, 0.3) is 10.6 Å². The van der Waals surface area contributed by atoms with Crippen LogP contribution in [0.1, 0.15) is 20.4 Å². The number of rotatable bonds is 5. The van der Waals surface area contributed by atoms with E-state index in [2.05, 4.69) is 32.8 Å². The number of thiazole rings is 1. The number of carbonyl (C=O) groups is 1. The Kier molecular flexibility index (Phi) is 4.61. The summed E-state index contributed by atoms with van der Waals surface area (Å²) in [5.41, 5.74) is 1.51. The molecule has 22 heavy (non-hydrogen) atoms. The summed E-state index contributed by atoms with van der Waals surface area (Å²) in [6, 6.07) is 5.79.